The lowest BCUT2D eigenvalue weighted by Gasteiger charge is -2.46. The number of piperidine rings is 2. The lowest BCUT2D eigenvalue weighted by molar-refractivity contribution is 0.132. The van der Waals surface area contributed by atoms with E-state index < -0.39 is 5.41 Å². The maximum atomic E-state index is 9.83. The average Bonchev–Trinajstić information content (AvgIpc) is 3.32. The van der Waals surface area contributed by atoms with Gasteiger partial charge in [0.2, 0.25) is 0 Å². The minimum Gasteiger partial charge on any atom is -0.393 e. The van der Waals surface area contributed by atoms with Crippen LogP contribution in [0, 0.1) is 11.3 Å². The molecule has 4 aliphatic heterocycles. The van der Waals surface area contributed by atoms with Crippen LogP contribution in [0.1, 0.15) is 36.8 Å². The van der Waals surface area contributed by atoms with Crippen molar-refractivity contribution in [2.75, 3.05) is 13.1 Å². The number of thiocarbonyl (C=S) groups is 1. The molecule has 2 saturated heterocycles. The number of halogens is 4. The molecule has 6 heterocycles. The summed E-state index contributed by atoms with van der Waals surface area (Å²) in [5.74, 6) is 0. The van der Waals surface area contributed by atoms with Gasteiger partial charge in [0.25, 0.3) is 0 Å². The highest BCUT2D eigenvalue weighted by molar-refractivity contribution is 9.10. The predicted octanol–water partition coefficient (Wildman–Crippen LogP) is 7.28. The van der Waals surface area contributed by atoms with Gasteiger partial charge >= 0.3 is 0 Å². The predicted molar refractivity (Wildman–Crippen MR) is 185 cm³/mol. The molecule has 0 spiro atoms. The number of fused-ring (bicyclic) bond motifs is 4. The highest BCUT2D eigenvalue weighted by atomic mass is 79.9. The van der Waals surface area contributed by atoms with Gasteiger partial charge in [-0.1, -0.05) is 72.9 Å². The average molecular weight is 763 g/mol. The molecule has 0 radical (unpaired) electrons. The quantitative estimate of drug-likeness (QED) is 0.235. The van der Waals surface area contributed by atoms with E-state index in [0.29, 0.717) is 28.1 Å². The van der Waals surface area contributed by atoms with Crippen molar-refractivity contribution < 1.29 is 0 Å². The summed E-state index contributed by atoms with van der Waals surface area (Å²) in [5.41, 5.74) is 7.44. The Balaban J connectivity index is 0.000000171. The second-order valence-corrected chi connectivity index (χ2v) is 15.0. The van der Waals surface area contributed by atoms with Crippen LogP contribution in [0.15, 0.2) is 93.4 Å². The molecule has 4 bridgehead atoms. The molecule has 224 valence electrons. The molecule has 0 amide bonds. The zero-order valence-corrected chi connectivity index (χ0v) is 29.0. The molecule has 2 N–H and O–H groups in total. The van der Waals surface area contributed by atoms with Crippen molar-refractivity contribution in [3.05, 3.63) is 105 Å². The van der Waals surface area contributed by atoms with Crippen LogP contribution in [0.3, 0.4) is 0 Å². The van der Waals surface area contributed by atoms with Crippen LogP contribution in [-0.4, -0.2) is 62.0 Å². The summed E-state index contributed by atoms with van der Waals surface area (Å²) in [6, 6.07) is 7.64. The summed E-state index contributed by atoms with van der Waals surface area (Å²) in [7, 11) is 0. The number of nitrogens with zero attached hydrogens (tertiary/aromatic N) is 5. The second kappa shape index (κ2) is 13.2. The van der Waals surface area contributed by atoms with Crippen LogP contribution in [0.5, 0.6) is 0 Å². The number of nitrogens with two attached hydrogens (primary N) is 1. The maximum absolute atomic E-state index is 9.83. The Morgan fingerprint density at radius 2 is 1.28 bits per heavy atom. The SMILES string of the molecule is C=C(Cl)CN1[C@@H]2C=C[C@H]1CC(C#N)(c1cncc(Br)c1)C2.C=C(Cl)CN1[C@@H]2C=C[C@H]1CC(C(N)=S)(c1cncc(Br)c1)C2. The summed E-state index contributed by atoms with van der Waals surface area (Å²) in [6.07, 6.45) is 19.3. The van der Waals surface area contributed by atoms with Gasteiger partial charge in [0.1, 0.15) is 0 Å². The number of hydrogen-bond donors (Lipinski definition) is 1. The Bertz CT molecular complexity index is 1510. The van der Waals surface area contributed by atoms with Crippen molar-refractivity contribution in [2.24, 2.45) is 5.73 Å². The van der Waals surface area contributed by atoms with Crippen LogP contribution in [0.4, 0.5) is 0 Å². The fraction of sp³-hybridized carbons (Fsp3) is 0.375. The zero-order chi connectivity index (χ0) is 30.9. The standard InChI is InChI=1S/C16H17BrClN3S.C16H15BrClN3/c1-10(18)9-21-13-2-3-14(21)6-16(5-13,15(19)22)11-4-12(17)8-20-7-11;1-11(18)9-21-14-2-3-15(21)6-16(5-14,10-19)12-4-13(17)8-20-7-12/h2-4,7-8,13-14H,1,5-6,9H2,(H2,19,22);2-4,7-8,14-15H,1,5-6,9H2/t13-,14+,16?;14-,15+,16?. The number of hydrogen-bond acceptors (Lipinski definition) is 6. The normalized spacial score (nSPS) is 30.8. The van der Waals surface area contributed by atoms with E-state index in [1.807, 2.05) is 18.5 Å². The molecule has 2 unspecified atom stereocenters. The van der Waals surface area contributed by atoms with E-state index in [1.165, 1.54) is 0 Å². The fourth-order valence-electron chi connectivity index (χ4n) is 6.97. The van der Waals surface area contributed by atoms with Crippen LogP contribution < -0.4 is 5.73 Å². The lowest BCUT2D eigenvalue weighted by Crippen LogP contribution is -2.55. The molecular formula is C32H32Br2Cl2N6S. The highest BCUT2D eigenvalue weighted by Gasteiger charge is 2.49. The monoisotopic (exact) mass is 760 g/mol. The molecule has 2 aromatic heterocycles. The Labute approximate surface area is 285 Å². The molecule has 6 nitrogen and oxygen atoms in total. The van der Waals surface area contributed by atoms with Gasteiger partial charge in [0.15, 0.2) is 0 Å². The van der Waals surface area contributed by atoms with Crippen molar-refractivity contribution in [3.8, 4) is 6.07 Å². The van der Waals surface area contributed by atoms with Gasteiger partial charge in [-0.15, -0.1) is 0 Å². The van der Waals surface area contributed by atoms with Crippen LogP contribution in [0.2, 0.25) is 0 Å². The number of aromatic nitrogens is 2. The third kappa shape index (κ3) is 6.72. The molecule has 6 rings (SSSR count). The third-order valence-corrected chi connectivity index (χ3v) is 10.5. The maximum Gasteiger partial charge on any atom is 0.0873 e. The van der Waals surface area contributed by atoms with Gasteiger partial charge in [-0.25, -0.2) is 0 Å². The molecule has 0 aliphatic carbocycles. The summed E-state index contributed by atoms with van der Waals surface area (Å²) in [5, 5.41) is 11.1. The smallest absolute Gasteiger partial charge is 0.0873 e. The van der Waals surface area contributed by atoms with E-state index in [-0.39, 0.29) is 29.6 Å². The first-order chi connectivity index (χ1) is 20.5. The van der Waals surface area contributed by atoms with E-state index >= 15 is 0 Å². The topological polar surface area (TPSA) is 82.1 Å². The molecule has 2 fully saturated rings. The Morgan fingerprint density at radius 3 is 1.67 bits per heavy atom. The van der Waals surface area contributed by atoms with Crippen molar-refractivity contribution >= 4 is 72.3 Å². The molecule has 11 heteroatoms. The highest BCUT2D eigenvalue weighted by Crippen LogP contribution is 2.46. The summed E-state index contributed by atoms with van der Waals surface area (Å²) in [4.78, 5) is 13.7. The van der Waals surface area contributed by atoms with Crippen molar-refractivity contribution in [1.29, 1.82) is 5.26 Å². The van der Waals surface area contributed by atoms with Gasteiger partial charge in [0, 0.05) is 81.1 Å². The van der Waals surface area contributed by atoms with E-state index in [2.05, 4.69) is 101 Å². The van der Waals surface area contributed by atoms with Crippen molar-refractivity contribution in [2.45, 2.75) is 60.7 Å². The largest absolute Gasteiger partial charge is 0.393 e. The Kier molecular flexibility index (Phi) is 9.99. The minimum atomic E-state index is -0.486. The van der Waals surface area contributed by atoms with Crippen LogP contribution in [0.25, 0.3) is 0 Å². The molecule has 6 atom stereocenters. The van der Waals surface area contributed by atoms with E-state index in [1.54, 1.807) is 12.4 Å². The van der Waals surface area contributed by atoms with Gasteiger partial charge in [-0.05, 0) is 80.8 Å². The summed E-state index contributed by atoms with van der Waals surface area (Å²) >= 11 is 24.4. The van der Waals surface area contributed by atoms with Gasteiger partial charge in [-0.2, -0.15) is 5.26 Å². The fourth-order valence-corrected chi connectivity index (χ4v) is 8.26. The molecule has 0 aromatic carbocycles. The first-order valence-electron chi connectivity index (χ1n) is 13.9. The number of rotatable bonds is 7. The summed E-state index contributed by atoms with van der Waals surface area (Å²) < 4.78 is 1.85. The first kappa shape index (κ1) is 32.5. The second-order valence-electron chi connectivity index (χ2n) is 11.7. The van der Waals surface area contributed by atoms with Gasteiger partial charge < -0.3 is 5.73 Å². The minimum absolute atomic E-state index is 0.234. The molecule has 0 saturated carbocycles. The van der Waals surface area contributed by atoms with Crippen LogP contribution in [-0.2, 0) is 10.8 Å². The summed E-state index contributed by atoms with van der Waals surface area (Å²) in [6.45, 7) is 8.96. The zero-order valence-electron chi connectivity index (χ0n) is 23.5. The number of pyridine rings is 2. The van der Waals surface area contributed by atoms with Gasteiger partial charge in [0.05, 0.1) is 21.9 Å². The van der Waals surface area contributed by atoms with Gasteiger partial charge in [-0.3, -0.25) is 19.8 Å². The molecule has 4 aliphatic rings. The number of nitriles is 1. The lowest BCUT2D eigenvalue weighted by atomic mass is 9.70. The van der Waals surface area contributed by atoms with E-state index in [4.69, 9.17) is 41.2 Å². The van der Waals surface area contributed by atoms with E-state index in [0.717, 1.165) is 45.8 Å². The Hall–Kier alpha value is -1.90. The molecule has 43 heavy (non-hydrogen) atoms. The molecule has 2 aromatic rings. The molecular weight excluding hydrogens is 731 g/mol. The van der Waals surface area contributed by atoms with Crippen molar-refractivity contribution in [3.63, 3.8) is 0 Å². The van der Waals surface area contributed by atoms with Crippen LogP contribution >= 0.6 is 67.3 Å². The third-order valence-electron chi connectivity index (χ3n) is 8.95. The van der Waals surface area contributed by atoms with E-state index in [9.17, 15) is 5.26 Å². The Morgan fingerprint density at radius 1 is 0.860 bits per heavy atom. The van der Waals surface area contributed by atoms with Crippen molar-refractivity contribution in [1.82, 2.24) is 19.8 Å². The first-order valence-corrected chi connectivity index (χ1v) is 16.7.